The SMILES string of the molecule is COCCOc1ccc(S(=O)(=O)N2CCc3c(ncn(C)c3=O)C2)cc1. The fourth-order valence-electron chi connectivity index (χ4n) is 2.80. The van der Waals surface area contributed by atoms with E-state index >= 15 is 0 Å². The summed E-state index contributed by atoms with van der Waals surface area (Å²) in [6, 6.07) is 6.28. The first-order chi connectivity index (χ1) is 12.4. The second-order valence-electron chi connectivity index (χ2n) is 5.99. The number of hydrogen-bond acceptors (Lipinski definition) is 6. The number of fused-ring (bicyclic) bond motifs is 1. The van der Waals surface area contributed by atoms with E-state index in [1.807, 2.05) is 0 Å². The van der Waals surface area contributed by atoms with Gasteiger partial charge in [-0.3, -0.25) is 4.79 Å². The first-order valence-electron chi connectivity index (χ1n) is 8.19. The third kappa shape index (κ3) is 3.64. The standard InChI is InChI=1S/C17H21N3O5S/c1-19-12-18-16-11-20(8-7-15(16)17(19)21)26(22,23)14-5-3-13(4-6-14)25-10-9-24-2/h3-6,12H,7-11H2,1-2H3. The van der Waals surface area contributed by atoms with Crippen LogP contribution in [0.5, 0.6) is 5.75 Å². The summed E-state index contributed by atoms with van der Waals surface area (Å²) in [5, 5.41) is 0. The van der Waals surface area contributed by atoms with Crippen LogP contribution in [0.15, 0.2) is 40.3 Å². The lowest BCUT2D eigenvalue weighted by Crippen LogP contribution is -2.39. The molecule has 0 radical (unpaired) electrons. The summed E-state index contributed by atoms with van der Waals surface area (Å²) in [5.74, 6) is 0.579. The zero-order valence-electron chi connectivity index (χ0n) is 14.7. The van der Waals surface area contributed by atoms with Gasteiger partial charge >= 0.3 is 0 Å². The molecule has 1 aliphatic rings. The highest BCUT2D eigenvalue weighted by Crippen LogP contribution is 2.24. The van der Waals surface area contributed by atoms with Crippen molar-refractivity contribution in [3.8, 4) is 5.75 Å². The van der Waals surface area contributed by atoms with Crippen LogP contribution in [0.3, 0.4) is 0 Å². The van der Waals surface area contributed by atoms with Gasteiger partial charge in [-0.15, -0.1) is 0 Å². The van der Waals surface area contributed by atoms with Crippen LogP contribution in [-0.4, -0.2) is 49.1 Å². The maximum absolute atomic E-state index is 12.9. The first kappa shape index (κ1) is 18.6. The molecule has 26 heavy (non-hydrogen) atoms. The van der Waals surface area contributed by atoms with Gasteiger partial charge in [0.15, 0.2) is 0 Å². The molecule has 1 aliphatic heterocycles. The number of hydrogen-bond donors (Lipinski definition) is 0. The van der Waals surface area contributed by atoms with E-state index in [-0.39, 0.29) is 23.5 Å². The molecule has 0 fully saturated rings. The third-order valence-corrected chi connectivity index (χ3v) is 6.13. The minimum absolute atomic E-state index is 0.0971. The van der Waals surface area contributed by atoms with Crippen molar-refractivity contribution in [1.29, 1.82) is 0 Å². The maximum Gasteiger partial charge on any atom is 0.256 e. The zero-order valence-corrected chi connectivity index (χ0v) is 15.5. The van der Waals surface area contributed by atoms with Crippen molar-refractivity contribution in [2.24, 2.45) is 7.05 Å². The van der Waals surface area contributed by atoms with Crippen molar-refractivity contribution in [3.05, 3.63) is 52.2 Å². The molecule has 0 spiro atoms. The molecule has 9 heteroatoms. The second-order valence-corrected chi connectivity index (χ2v) is 7.93. The first-order valence-corrected chi connectivity index (χ1v) is 9.63. The molecule has 2 heterocycles. The Bertz CT molecular complexity index is 938. The maximum atomic E-state index is 12.9. The largest absolute Gasteiger partial charge is 0.491 e. The van der Waals surface area contributed by atoms with Crippen LogP contribution >= 0.6 is 0 Å². The normalized spacial score (nSPS) is 14.8. The minimum atomic E-state index is -3.67. The van der Waals surface area contributed by atoms with E-state index in [4.69, 9.17) is 9.47 Å². The van der Waals surface area contributed by atoms with Gasteiger partial charge in [0.05, 0.1) is 30.1 Å². The van der Waals surface area contributed by atoms with E-state index in [1.54, 1.807) is 26.3 Å². The van der Waals surface area contributed by atoms with Crippen molar-refractivity contribution < 1.29 is 17.9 Å². The summed E-state index contributed by atoms with van der Waals surface area (Å²) in [4.78, 5) is 16.5. The third-order valence-electron chi connectivity index (χ3n) is 4.27. The van der Waals surface area contributed by atoms with Gasteiger partial charge in [0.1, 0.15) is 12.4 Å². The molecule has 0 amide bonds. The molecule has 1 aromatic heterocycles. The van der Waals surface area contributed by atoms with Crippen LogP contribution in [0.4, 0.5) is 0 Å². The van der Waals surface area contributed by atoms with Crippen molar-refractivity contribution in [1.82, 2.24) is 13.9 Å². The molecule has 8 nitrogen and oxygen atoms in total. The molecule has 0 saturated carbocycles. The number of aromatic nitrogens is 2. The number of ether oxygens (including phenoxy) is 2. The van der Waals surface area contributed by atoms with E-state index in [0.29, 0.717) is 36.6 Å². The number of sulfonamides is 1. The Kier molecular flexibility index (Phi) is 5.40. The summed E-state index contributed by atoms with van der Waals surface area (Å²) < 4.78 is 38.9. The molecule has 0 atom stereocenters. The molecule has 140 valence electrons. The van der Waals surface area contributed by atoms with Crippen molar-refractivity contribution in [3.63, 3.8) is 0 Å². The number of methoxy groups -OCH3 is 1. The second kappa shape index (κ2) is 7.56. The lowest BCUT2D eigenvalue weighted by molar-refractivity contribution is 0.146. The summed E-state index contributed by atoms with van der Waals surface area (Å²) in [7, 11) is -0.448. The average molecular weight is 379 g/mol. The Labute approximate surface area is 152 Å². The predicted molar refractivity (Wildman–Crippen MR) is 94.6 cm³/mol. The number of aryl methyl sites for hydroxylation is 1. The van der Waals surface area contributed by atoms with Crippen LogP contribution in [-0.2, 0) is 34.8 Å². The molecule has 0 N–H and O–H groups in total. The van der Waals surface area contributed by atoms with Gasteiger partial charge in [-0.25, -0.2) is 13.4 Å². The molecule has 0 unspecified atom stereocenters. The lowest BCUT2D eigenvalue weighted by atomic mass is 10.1. The lowest BCUT2D eigenvalue weighted by Gasteiger charge is -2.27. The molecule has 1 aromatic carbocycles. The highest BCUT2D eigenvalue weighted by molar-refractivity contribution is 7.89. The number of rotatable bonds is 6. The summed E-state index contributed by atoms with van der Waals surface area (Å²) in [6.07, 6.45) is 1.77. The summed E-state index contributed by atoms with van der Waals surface area (Å²) in [6.45, 7) is 1.20. The predicted octanol–water partition coefficient (Wildman–Crippen LogP) is 0.552. The molecule has 3 rings (SSSR count). The van der Waals surface area contributed by atoms with Gasteiger partial charge in [-0.1, -0.05) is 0 Å². The summed E-state index contributed by atoms with van der Waals surface area (Å²) in [5.41, 5.74) is 0.982. The highest BCUT2D eigenvalue weighted by Gasteiger charge is 2.30. The Balaban J connectivity index is 1.78. The van der Waals surface area contributed by atoms with Gasteiger partial charge in [0, 0.05) is 26.3 Å². The molecule has 0 saturated heterocycles. The topological polar surface area (TPSA) is 90.7 Å². The van der Waals surface area contributed by atoms with Crippen LogP contribution < -0.4 is 10.3 Å². The molecule has 0 bridgehead atoms. The van der Waals surface area contributed by atoms with Gasteiger partial charge in [0.2, 0.25) is 10.0 Å². The summed E-state index contributed by atoms with van der Waals surface area (Å²) >= 11 is 0. The van der Waals surface area contributed by atoms with Crippen LogP contribution in [0.1, 0.15) is 11.3 Å². The molecule has 2 aromatic rings. The monoisotopic (exact) mass is 379 g/mol. The van der Waals surface area contributed by atoms with E-state index in [9.17, 15) is 13.2 Å². The Hall–Kier alpha value is -2.23. The van der Waals surface area contributed by atoms with E-state index in [0.717, 1.165) is 0 Å². The zero-order chi connectivity index (χ0) is 18.7. The van der Waals surface area contributed by atoms with Crippen LogP contribution in [0.2, 0.25) is 0 Å². The van der Waals surface area contributed by atoms with Crippen LogP contribution in [0, 0.1) is 0 Å². The quantitative estimate of drug-likeness (QED) is 0.681. The van der Waals surface area contributed by atoms with Crippen molar-refractivity contribution in [2.75, 3.05) is 26.9 Å². The van der Waals surface area contributed by atoms with E-state index in [2.05, 4.69) is 4.98 Å². The van der Waals surface area contributed by atoms with Crippen molar-refractivity contribution >= 4 is 10.0 Å². The smallest absolute Gasteiger partial charge is 0.256 e. The van der Waals surface area contributed by atoms with E-state index in [1.165, 1.54) is 27.3 Å². The fourth-order valence-corrected chi connectivity index (χ4v) is 4.20. The molecular formula is C17H21N3O5S. The Morgan fingerprint density at radius 3 is 2.62 bits per heavy atom. The minimum Gasteiger partial charge on any atom is -0.491 e. The Morgan fingerprint density at radius 1 is 1.19 bits per heavy atom. The highest BCUT2D eigenvalue weighted by atomic mass is 32.2. The van der Waals surface area contributed by atoms with Gasteiger partial charge in [-0.2, -0.15) is 4.31 Å². The van der Waals surface area contributed by atoms with Crippen LogP contribution in [0.25, 0.3) is 0 Å². The van der Waals surface area contributed by atoms with Crippen molar-refractivity contribution in [2.45, 2.75) is 17.9 Å². The number of nitrogens with zero attached hydrogens (tertiary/aromatic N) is 3. The Morgan fingerprint density at radius 2 is 1.92 bits per heavy atom. The van der Waals surface area contributed by atoms with Gasteiger partial charge in [-0.05, 0) is 30.7 Å². The molecule has 0 aliphatic carbocycles. The average Bonchev–Trinajstić information content (AvgIpc) is 2.65. The van der Waals surface area contributed by atoms with E-state index < -0.39 is 10.0 Å². The molecular weight excluding hydrogens is 358 g/mol. The number of benzene rings is 1. The fraction of sp³-hybridized carbons (Fsp3) is 0.412. The van der Waals surface area contributed by atoms with Gasteiger partial charge < -0.3 is 14.0 Å². The van der Waals surface area contributed by atoms with Gasteiger partial charge in [0.25, 0.3) is 5.56 Å².